The van der Waals surface area contributed by atoms with E-state index in [0.717, 1.165) is 10.9 Å². The Morgan fingerprint density at radius 3 is 2.44 bits per heavy atom. The molecule has 0 aliphatic rings. The summed E-state index contributed by atoms with van der Waals surface area (Å²) in [5.74, 6) is -0.470. The molecule has 0 bridgehead atoms. The topological polar surface area (TPSA) is 76.9 Å². The van der Waals surface area contributed by atoms with Gasteiger partial charge in [-0.05, 0) is 30.3 Å². The van der Waals surface area contributed by atoms with Crippen LogP contribution in [0.1, 0.15) is 22.2 Å². The first-order chi connectivity index (χ1) is 13.1. The van der Waals surface area contributed by atoms with E-state index in [1.807, 2.05) is 36.4 Å². The first-order valence-corrected chi connectivity index (χ1v) is 8.45. The third-order valence-corrected chi connectivity index (χ3v) is 4.18. The Hall–Kier alpha value is -3.80. The van der Waals surface area contributed by atoms with Gasteiger partial charge in [0.05, 0.1) is 5.52 Å². The smallest absolute Gasteiger partial charge is 0.274 e. The molecule has 1 N–H and O–H groups in total. The average molecular weight is 356 g/mol. The number of benzene rings is 2. The summed E-state index contributed by atoms with van der Waals surface area (Å²) in [6.07, 6.45) is 1.57. The number of amides is 1. The van der Waals surface area contributed by atoms with E-state index in [4.69, 9.17) is 0 Å². The van der Waals surface area contributed by atoms with Crippen LogP contribution in [0.15, 0.2) is 72.9 Å². The highest BCUT2D eigenvalue weighted by atomic mass is 16.2. The highest BCUT2D eigenvalue weighted by Gasteiger charge is 2.16. The van der Waals surface area contributed by atoms with Crippen molar-refractivity contribution in [2.75, 3.05) is 5.32 Å². The van der Waals surface area contributed by atoms with Crippen molar-refractivity contribution < 1.29 is 9.59 Å². The van der Waals surface area contributed by atoms with E-state index in [0.29, 0.717) is 22.6 Å². The summed E-state index contributed by atoms with van der Waals surface area (Å²) in [6.45, 7) is 1.47. The van der Waals surface area contributed by atoms with Crippen molar-refractivity contribution in [2.45, 2.75) is 6.92 Å². The maximum atomic E-state index is 12.4. The molecule has 0 aliphatic heterocycles. The molecule has 0 saturated heterocycles. The molecule has 0 radical (unpaired) electrons. The monoisotopic (exact) mass is 356 g/mol. The predicted molar refractivity (Wildman–Crippen MR) is 104 cm³/mol. The van der Waals surface area contributed by atoms with Crippen molar-refractivity contribution in [1.82, 2.24) is 14.8 Å². The molecule has 2 aromatic heterocycles. The maximum absolute atomic E-state index is 12.4. The summed E-state index contributed by atoms with van der Waals surface area (Å²) in [5, 5.41) is 8.11. The first kappa shape index (κ1) is 16.7. The highest BCUT2D eigenvalue weighted by Crippen LogP contribution is 2.30. The molecule has 0 fully saturated rings. The van der Waals surface area contributed by atoms with Crippen LogP contribution in [-0.2, 0) is 0 Å². The average Bonchev–Trinajstić information content (AvgIpc) is 3.08. The molecule has 6 nitrogen and oxygen atoms in total. The molecule has 4 aromatic rings. The van der Waals surface area contributed by atoms with Gasteiger partial charge in [0.2, 0.25) is 5.91 Å². The van der Waals surface area contributed by atoms with Gasteiger partial charge < -0.3 is 5.32 Å². The van der Waals surface area contributed by atoms with Crippen LogP contribution >= 0.6 is 0 Å². The Morgan fingerprint density at radius 1 is 0.963 bits per heavy atom. The van der Waals surface area contributed by atoms with Gasteiger partial charge in [-0.25, -0.2) is 0 Å². The fraction of sp³-hybridized carbons (Fsp3) is 0.0476. The number of carbonyl (C=O) groups is 2. The minimum atomic E-state index is -0.296. The minimum Gasteiger partial charge on any atom is -0.321 e. The zero-order valence-electron chi connectivity index (χ0n) is 14.6. The largest absolute Gasteiger partial charge is 0.321 e. The zero-order valence-corrected chi connectivity index (χ0v) is 14.6. The summed E-state index contributed by atoms with van der Waals surface area (Å²) >= 11 is 0. The molecule has 2 heterocycles. The molecule has 1 amide bonds. The van der Waals surface area contributed by atoms with Crippen LogP contribution in [0.4, 0.5) is 5.69 Å². The van der Waals surface area contributed by atoms with Crippen molar-refractivity contribution in [1.29, 1.82) is 0 Å². The van der Waals surface area contributed by atoms with Crippen molar-refractivity contribution >= 4 is 28.4 Å². The summed E-state index contributed by atoms with van der Waals surface area (Å²) in [4.78, 5) is 28.4. The summed E-state index contributed by atoms with van der Waals surface area (Å²) in [6, 6.07) is 20.1. The number of fused-ring (bicyclic) bond motifs is 1. The lowest BCUT2D eigenvalue weighted by Gasteiger charge is -2.05. The number of nitrogens with zero attached hydrogens (tertiary/aromatic N) is 3. The Morgan fingerprint density at radius 2 is 1.74 bits per heavy atom. The number of rotatable bonds is 3. The molecule has 0 spiro atoms. The summed E-state index contributed by atoms with van der Waals surface area (Å²) in [7, 11) is 0. The second-order valence-electron chi connectivity index (χ2n) is 6.05. The molecule has 27 heavy (non-hydrogen) atoms. The molecule has 0 unspecified atom stereocenters. The van der Waals surface area contributed by atoms with Crippen LogP contribution < -0.4 is 5.32 Å². The van der Waals surface area contributed by atoms with Gasteiger partial charge in [0.25, 0.3) is 5.91 Å². The van der Waals surface area contributed by atoms with Gasteiger partial charge >= 0.3 is 0 Å². The van der Waals surface area contributed by atoms with Gasteiger partial charge in [-0.3, -0.25) is 14.6 Å². The number of pyridine rings is 1. The van der Waals surface area contributed by atoms with E-state index >= 15 is 0 Å². The third kappa shape index (κ3) is 3.20. The van der Waals surface area contributed by atoms with Gasteiger partial charge in [0.15, 0.2) is 0 Å². The Bertz CT molecular complexity index is 1140. The zero-order chi connectivity index (χ0) is 18.8. The Labute approximate surface area is 155 Å². The normalized spacial score (nSPS) is 10.7. The first-order valence-electron chi connectivity index (χ1n) is 8.45. The SMILES string of the molecule is CC(=O)n1nc(-c2ccccc2)c2cc(NC(=O)c3ccccn3)ccc21. The molecule has 6 heteroatoms. The third-order valence-electron chi connectivity index (χ3n) is 4.18. The molecule has 0 saturated carbocycles. The number of anilines is 1. The summed E-state index contributed by atoms with van der Waals surface area (Å²) in [5.41, 5.74) is 3.22. The highest BCUT2D eigenvalue weighted by molar-refractivity contribution is 6.05. The molecule has 0 atom stereocenters. The number of hydrogen-bond donors (Lipinski definition) is 1. The van der Waals surface area contributed by atoms with Crippen LogP contribution in [-0.4, -0.2) is 26.6 Å². The van der Waals surface area contributed by atoms with Crippen molar-refractivity contribution in [3.05, 3.63) is 78.6 Å². The molecule has 0 aliphatic carbocycles. The predicted octanol–water partition coefficient (Wildman–Crippen LogP) is 4.01. The fourth-order valence-corrected chi connectivity index (χ4v) is 2.94. The number of aromatic nitrogens is 3. The van der Waals surface area contributed by atoms with Crippen LogP contribution in [0.5, 0.6) is 0 Å². The van der Waals surface area contributed by atoms with E-state index in [-0.39, 0.29) is 11.8 Å². The van der Waals surface area contributed by atoms with E-state index in [1.165, 1.54) is 11.6 Å². The van der Waals surface area contributed by atoms with Gasteiger partial charge in [0.1, 0.15) is 11.4 Å². The van der Waals surface area contributed by atoms with E-state index < -0.39 is 0 Å². The van der Waals surface area contributed by atoms with Crippen LogP contribution in [0.2, 0.25) is 0 Å². The lowest BCUT2D eigenvalue weighted by Crippen LogP contribution is -2.13. The standard InChI is InChI=1S/C21H16N4O2/c1-14(26)25-19-11-10-16(23-21(27)18-9-5-6-12-22-18)13-17(19)20(24-25)15-7-3-2-4-8-15/h2-13H,1H3,(H,23,27). The molecule has 132 valence electrons. The number of carbonyl (C=O) groups excluding carboxylic acids is 2. The Kier molecular flexibility index (Phi) is 4.22. The lowest BCUT2D eigenvalue weighted by molar-refractivity contribution is 0.0926. The van der Waals surface area contributed by atoms with Crippen molar-refractivity contribution in [3.63, 3.8) is 0 Å². The minimum absolute atomic E-state index is 0.174. The van der Waals surface area contributed by atoms with Gasteiger partial charge in [-0.2, -0.15) is 9.78 Å². The van der Waals surface area contributed by atoms with Crippen molar-refractivity contribution in [3.8, 4) is 11.3 Å². The van der Waals surface area contributed by atoms with E-state index in [9.17, 15) is 9.59 Å². The van der Waals surface area contributed by atoms with E-state index in [1.54, 1.807) is 36.5 Å². The van der Waals surface area contributed by atoms with Crippen LogP contribution in [0.3, 0.4) is 0 Å². The Balaban J connectivity index is 1.79. The molecular weight excluding hydrogens is 340 g/mol. The molecular formula is C21H16N4O2. The van der Waals surface area contributed by atoms with Crippen LogP contribution in [0.25, 0.3) is 22.2 Å². The van der Waals surface area contributed by atoms with Crippen molar-refractivity contribution in [2.24, 2.45) is 0 Å². The fourth-order valence-electron chi connectivity index (χ4n) is 2.94. The van der Waals surface area contributed by atoms with E-state index in [2.05, 4.69) is 15.4 Å². The lowest BCUT2D eigenvalue weighted by atomic mass is 10.1. The molecule has 2 aromatic carbocycles. The second-order valence-corrected chi connectivity index (χ2v) is 6.05. The van der Waals surface area contributed by atoms with Crippen LogP contribution in [0, 0.1) is 0 Å². The van der Waals surface area contributed by atoms with Gasteiger partial charge in [0, 0.05) is 29.8 Å². The van der Waals surface area contributed by atoms with Gasteiger partial charge in [-0.15, -0.1) is 0 Å². The maximum Gasteiger partial charge on any atom is 0.274 e. The number of nitrogens with one attached hydrogen (secondary N) is 1. The quantitative estimate of drug-likeness (QED) is 0.602. The second kappa shape index (κ2) is 6.84. The number of hydrogen-bond acceptors (Lipinski definition) is 4. The summed E-state index contributed by atoms with van der Waals surface area (Å²) < 4.78 is 1.38. The molecule has 4 rings (SSSR count). The van der Waals surface area contributed by atoms with Gasteiger partial charge in [-0.1, -0.05) is 36.4 Å².